The summed E-state index contributed by atoms with van der Waals surface area (Å²) in [6, 6.07) is 10.5. The van der Waals surface area contributed by atoms with Crippen LogP contribution in [0.5, 0.6) is 0 Å². The molecule has 0 bridgehead atoms. The molecule has 0 radical (unpaired) electrons. The van der Waals surface area contributed by atoms with Crippen LogP contribution in [-0.4, -0.2) is 49.0 Å². The number of benzene rings is 1. The minimum Gasteiger partial charge on any atom is -0.481 e. The molecule has 5 rings (SSSR count). The largest absolute Gasteiger partial charge is 0.481 e. The first-order valence-corrected chi connectivity index (χ1v) is 11.6. The van der Waals surface area contributed by atoms with E-state index >= 15 is 0 Å². The summed E-state index contributed by atoms with van der Waals surface area (Å²) in [6.07, 6.45) is 4.09. The van der Waals surface area contributed by atoms with E-state index in [1.807, 2.05) is 24.3 Å². The van der Waals surface area contributed by atoms with Gasteiger partial charge in [-0.15, -0.1) is 0 Å². The molecule has 1 amide bonds. The van der Waals surface area contributed by atoms with Crippen LogP contribution in [0.15, 0.2) is 70.9 Å². The standard InChI is InChI=1S/C25H19Cl2N3O5/c26-16-9-14(15(24(32)33)10-17(16)27)23(31)30-20(25(34)35)11-13-12-5-1-2-6-18(12)29-21(13)22(30)19-7-3-4-8-28-19/h1-10,14-15,20,22,29H,11H2,(H,32,33)(H,34,35). The lowest BCUT2D eigenvalue weighted by Gasteiger charge is -2.42. The number of pyridine rings is 1. The van der Waals surface area contributed by atoms with Crippen LogP contribution in [0.3, 0.4) is 0 Å². The summed E-state index contributed by atoms with van der Waals surface area (Å²) in [5.74, 6) is -5.72. The summed E-state index contributed by atoms with van der Waals surface area (Å²) < 4.78 is 0. The molecule has 0 spiro atoms. The zero-order valence-electron chi connectivity index (χ0n) is 18.1. The number of carbonyl (C=O) groups excluding carboxylic acids is 1. The number of para-hydroxylation sites is 1. The van der Waals surface area contributed by atoms with Crippen molar-refractivity contribution >= 4 is 52.0 Å². The van der Waals surface area contributed by atoms with E-state index in [1.165, 1.54) is 17.1 Å². The second-order valence-electron chi connectivity index (χ2n) is 8.44. The third kappa shape index (κ3) is 3.88. The van der Waals surface area contributed by atoms with E-state index in [-0.39, 0.29) is 16.5 Å². The first-order chi connectivity index (χ1) is 16.8. The van der Waals surface area contributed by atoms with E-state index in [0.717, 1.165) is 16.5 Å². The zero-order chi connectivity index (χ0) is 24.9. The van der Waals surface area contributed by atoms with E-state index in [0.29, 0.717) is 11.4 Å². The molecule has 3 heterocycles. The highest BCUT2D eigenvalue weighted by atomic mass is 35.5. The smallest absolute Gasteiger partial charge is 0.326 e. The van der Waals surface area contributed by atoms with Crippen LogP contribution in [0.4, 0.5) is 0 Å². The SMILES string of the molecule is O=C(O)C1C=C(Cl)C(Cl)=CC1C(=O)N1C(C(=O)O)Cc2c([nH]c3ccccc23)C1c1ccccn1. The minimum absolute atomic E-state index is 0.0238. The number of carbonyl (C=O) groups is 3. The third-order valence-corrected chi connectivity index (χ3v) is 7.23. The fraction of sp³-hybridized carbons (Fsp3) is 0.200. The Bertz CT molecular complexity index is 1410. The van der Waals surface area contributed by atoms with Crippen molar-refractivity contribution in [3.05, 3.63) is 87.8 Å². The highest BCUT2D eigenvalue weighted by Crippen LogP contribution is 2.43. The van der Waals surface area contributed by atoms with Gasteiger partial charge in [0.25, 0.3) is 0 Å². The van der Waals surface area contributed by atoms with Gasteiger partial charge >= 0.3 is 11.9 Å². The molecule has 1 aliphatic heterocycles. The second-order valence-corrected chi connectivity index (χ2v) is 9.26. The summed E-state index contributed by atoms with van der Waals surface area (Å²) in [7, 11) is 0. The number of nitrogens with one attached hydrogen (secondary N) is 1. The lowest BCUT2D eigenvalue weighted by Crippen LogP contribution is -2.54. The van der Waals surface area contributed by atoms with Gasteiger partial charge in [-0.1, -0.05) is 53.5 Å². The average molecular weight is 512 g/mol. The number of H-pyrrole nitrogens is 1. The Morgan fingerprint density at radius 2 is 1.63 bits per heavy atom. The highest BCUT2D eigenvalue weighted by Gasteiger charge is 2.48. The Kier molecular flexibility index (Phi) is 5.86. The van der Waals surface area contributed by atoms with Gasteiger partial charge in [-0.3, -0.25) is 14.6 Å². The summed E-state index contributed by atoms with van der Waals surface area (Å²) in [5.41, 5.74) is 2.67. The number of amides is 1. The molecule has 8 nitrogen and oxygen atoms in total. The van der Waals surface area contributed by atoms with Gasteiger partial charge in [0.1, 0.15) is 12.1 Å². The summed E-state index contributed by atoms with van der Waals surface area (Å²) >= 11 is 12.2. The van der Waals surface area contributed by atoms with Crippen molar-refractivity contribution in [2.75, 3.05) is 0 Å². The molecular formula is C25H19Cl2N3O5. The molecule has 2 aromatic heterocycles. The maximum absolute atomic E-state index is 14.0. The summed E-state index contributed by atoms with van der Waals surface area (Å²) in [6.45, 7) is 0. The van der Waals surface area contributed by atoms with Crippen molar-refractivity contribution in [1.29, 1.82) is 0 Å². The number of carboxylic acids is 2. The number of aromatic nitrogens is 2. The zero-order valence-corrected chi connectivity index (χ0v) is 19.6. The van der Waals surface area contributed by atoms with Gasteiger partial charge < -0.3 is 20.1 Å². The third-order valence-electron chi connectivity index (χ3n) is 6.48. The van der Waals surface area contributed by atoms with Crippen molar-refractivity contribution in [2.45, 2.75) is 18.5 Å². The fourth-order valence-electron chi connectivity index (χ4n) is 4.90. The van der Waals surface area contributed by atoms with E-state index in [1.54, 1.807) is 24.4 Å². The first-order valence-electron chi connectivity index (χ1n) is 10.8. The number of carboxylic acid groups (broad SMARTS) is 2. The lowest BCUT2D eigenvalue weighted by atomic mass is 9.83. The topological polar surface area (TPSA) is 124 Å². The van der Waals surface area contributed by atoms with Gasteiger partial charge in [0.2, 0.25) is 5.91 Å². The van der Waals surface area contributed by atoms with Gasteiger partial charge in [0, 0.05) is 29.2 Å². The second kappa shape index (κ2) is 8.87. The molecule has 0 fully saturated rings. The molecule has 4 atom stereocenters. The van der Waals surface area contributed by atoms with Crippen LogP contribution in [-0.2, 0) is 20.8 Å². The summed E-state index contributed by atoms with van der Waals surface area (Å²) in [5, 5.41) is 20.9. The number of hydrogen-bond donors (Lipinski definition) is 3. The Morgan fingerprint density at radius 1 is 0.943 bits per heavy atom. The molecule has 3 aromatic rings. The molecule has 0 saturated carbocycles. The Morgan fingerprint density at radius 3 is 2.29 bits per heavy atom. The van der Waals surface area contributed by atoms with Crippen molar-refractivity contribution in [3.8, 4) is 0 Å². The summed E-state index contributed by atoms with van der Waals surface area (Å²) in [4.78, 5) is 47.5. The Labute approximate surface area is 209 Å². The highest BCUT2D eigenvalue weighted by molar-refractivity contribution is 6.44. The quantitative estimate of drug-likeness (QED) is 0.485. The van der Waals surface area contributed by atoms with Crippen LogP contribution in [0.1, 0.15) is 23.0 Å². The van der Waals surface area contributed by atoms with E-state index < -0.39 is 41.8 Å². The molecule has 1 aromatic carbocycles. The molecule has 35 heavy (non-hydrogen) atoms. The molecule has 2 aliphatic rings. The molecular weight excluding hydrogens is 493 g/mol. The molecule has 3 N–H and O–H groups in total. The van der Waals surface area contributed by atoms with Crippen LogP contribution < -0.4 is 0 Å². The number of rotatable bonds is 4. The van der Waals surface area contributed by atoms with Crippen molar-refractivity contribution < 1.29 is 24.6 Å². The molecule has 178 valence electrons. The number of allylic oxidation sites excluding steroid dienone is 2. The number of hydrogen-bond acceptors (Lipinski definition) is 4. The Balaban J connectivity index is 1.71. The Hall–Kier alpha value is -3.62. The van der Waals surface area contributed by atoms with Gasteiger partial charge in [-0.05, 0) is 29.8 Å². The number of fused-ring (bicyclic) bond motifs is 3. The number of halogens is 2. The van der Waals surface area contributed by atoms with Gasteiger partial charge in [-0.25, -0.2) is 4.79 Å². The van der Waals surface area contributed by atoms with E-state index in [4.69, 9.17) is 23.2 Å². The van der Waals surface area contributed by atoms with Gasteiger partial charge in [0.15, 0.2) is 0 Å². The normalized spacial score (nSPS) is 23.9. The van der Waals surface area contributed by atoms with Crippen molar-refractivity contribution in [1.82, 2.24) is 14.9 Å². The first kappa shape index (κ1) is 23.1. The predicted octanol–water partition coefficient (Wildman–Crippen LogP) is 4.07. The van der Waals surface area contributed by atoms with Gasteiger partial charge in [0.05, 0.1) is 27.6 Å². The van der Waals surface area contributed by atoms with Crippen molar-refractivity contribution in [3.63, 3.8) is 0 Å². The number of nitrogens with zero attached hydrogens (tertiary/aromatic N) is 2. The van der Waals surface area contributed by atoms with E-state index in [2.05, 4.69) is 9.97 Å². The van der Waals surface area contributed by atoms with Crippen LogP contribution >= 0.6 is 23.2 Å². The van der Waals surface area contributed by atoms with Crippen LogP contribution in [0.25, 0.3) is 10.9 Å². The maximum Gasteiger partial charge on any atom is 0.326 e. The molecule has 10 heteroatoms. The predicted molar refractivity (Wildman–Crippen MR) is 129 cm³/mol. The van der Waals surface area contributed by atoms with Crippen LogP contribution in [0, 0.1) is 11.8 Å². The molecule has 1 aliphatic carbocycles. The number of aromatic amines is 1. The van der Waals surface area contributed by atoms with E-state index in [9.17, 15) is 24.6 Å². The maximum atomic E-state index is 14.0. The fourth-order valence-corrected chi connectivity index (χ4v) is 5.30. The average Bonchev–Trinajstić information content (AvgIpc) is 3.22. The van der Waals surface area contributed by atoms with Gasteiger partial charge in [-0.2, -0.15) is 0 Å². The van der Waals surface area contributed by atoms with Crippen LogP contribution in [0.2, 0.25) is 0 Å². The molecule has 0 saturated heterocycles. The van der Waals surface area contributed by atoms with Crippen molar-refractivity contribution in [2.24, 2.45) is 11.8 Å². The molecule has 4 unspecified atom stereocenters. The monoisotopic (exact) mass is 511 g/mol. The number of aliphatic carboxylic acids is 2. The lowest BCUT2D eigenvalue weighted by molar-refractivity contribution is -0.156. The minimum atomic E-state index is -1.31.